The molecule has 3 nitrogen and oxygen atoms in total. The lowest BCUT2D eigenvalue weighted by atomic mass is 9.83. The van der Waals surface area contributed by atoms with Crippen molar-refractivity contribution in [2.45, 2.75) is 88.5 Å². The van der Waals surface area contributed by atoms with E-state index in [4.69, 9.17) is 4.74 Å². The van der Waals surface area contributed by atoms with E-state index in [1.807, 2.05) is 0 Å². The number of rotatable bonds is 6. The molecular weight excluding hydrogens is 248 g/mol. The predicted molar refractivity (Wildman–Crippen MR) is 83.0 cm³/mol. The number of hydrogen-bond acceptors (Lipinski definition) is 3. The third-order valence-electron chi connectivity index (χ3n) is 5.73. The first kappa shape index (κ1) is 14.8. The first-order chi connectivity index (χ1) is 9.69. The van der Waals surface area contributed by atoms with Gasteiger partial charge in [-0.15, -0.1) is 0 Å². The molecule has 0 amide bonds. The van der Waals surface area contributed by atoms with Gasteiger partial charge in [-0.1, -0.05) is 19.3 Å². The summed E-state index contributed by atoms with van der Waals surface area (Å²) in [4.78, 5) is 2.53. The molecule has 3 fully saturated rings. The minimum absolute atomic E-state index is 0.279. The highest BCUT2D eigenvalue weighted by Gasteiger charge is 2.40. The molecule has 3 rings (SSSR count). The summed E-state index contributed by atoms with van der Waals surface area (Å²) >= 11 is 0. The Hall–Kier alpha value is -0.120. The van der Waals surface area contributed by atoms with E-state index in [1.54, 1.807) is 0 Å². The molecule has 1 N–H and O–H groups in total. The standard InChI is InChI=1S/C17H32N2O/c1-14(19(2)15-6-7-15)12-18-13-16-8-11-17(20-16)9-4-3-5-10-17/h14-16,18H,3-13H2,1-2H3. The molecule has 116 valence electrons. The number of nitrogens with zero attached hydrogens (tertiary/aromatic N) is 1. The van der Waals surface area contributed by atoms with Gasteiger partial charge in [0.15, 0.2) is 0 Å². The van der Waals surface area contributed by atoms with Gasteiger partial charge in [0.2, 0.25) is 0 Å². The number of hydrogen-bond donors (Lipinski definition) is 1. The molecule has 3 aliphatic rings. The van der Waals surface area contributed by atoms with E-state index >= 15 is 0 Å². The van der Waals surface area contributed by atoms with Gasteiger partial charge in [0, 0.05) is 25.2 Å². The van der Waals surface area contributed by atoms with Gasteiger partial charge in [-0.25, -0.2) is 0 Å². The molecule has 0 aromatic carbocycles. The fourth-order valence-corrected chi connectivity index (χ4v) is 4.04. The summed E-state index contributed by atoms with van der Waals surface area (Å²) in [6.07, 6.45) is 12.6. The van der Waals surface area contributed by atoms with Gasteiger partial charge in [0.1, 0.15) is 0 Å². The molecule has 1 aliphatic heterocycles. The van der Waals surface area contributed by atoms with Crippen LogP contribution >= 0.6 is 0 Å². The van der Waals surface area contributed by atoms with E-state index in [2.05, 4.69) is 24.2 Å². The largest absolute Gasteiger partial charge is 0.370 e. The quantitative estimate of drug-likeness (QED) is 0.809. The van der Waals surface area contributed by atoms with Crippen LogP contribution in [0.1, 0.15) is 64.7 Å². The second-order valence-corrected chi connectivity index (χ2v) is 7.43. The maximum absolute atomic E-state index is 6.42. The molecule has 20 heavy (non-hydrogen) atoms. The highest BCUT2D eigenvalue weighted by molar-refractivity contribution is 4.92. The molecule has 0 bridgehead atoms. The van der Waals surface area contributed by atoms with Crippen molar-refractivity contribution in [2.75, 3.05) is 20.1 Å². The summed E-state index contributed by atoms with van der Waals surface area (Å²) in [6.45, 7) is 4.48. The van der Waals surface area contributed by atoms with Crippen molar-refractivity contribution in [1.82, 2.24) is 10.2 Å². The third-order valence-corrected chi connectivity index (χ3v) is 5.73. The molecule has 2 saturated carbocycles. The Kier molecular flexibility index (Phi) is 4.68. The molecule has 1 heterocycles. The highest BCUT2D eigenvalue weighted by atomic mass is 16.5. The lowest BCUT2D eigenvalue weighted by Crippen LogP contribution is -2.41. The van der Waals surface area contributed by atoms with Crippen LogP contribution in [-0.4, -0.2) is 48.8 Å². The van der Waals surface area contributed by atoms with Crippen LogP contribution in [0.2, 0.25) is 0 Å². The minimum atomic E-state index is 0.279. The van der Waals surface area contributed by atoms with Crippen LogP contribution in [0.4, 0.5) is 0 Å². The van der Waals surface area contributed by atoms with Gasteiger partial charge in [-0.3, -0.25) is 4.90 Å². The zero-order valence-electron chi connectivity index (χ0n) is 13.4. The van der Waals surface area contributed by atoms with E-state index in [1.165, 1.54) is 57.8 Å². The van der Waals surface area contributed by atoms with Crippen molar-refractivity contribution in [3.8, 4) is 0 Å². The average Bonchev–Trinajstić information content (AvgIpc) is 3.24. The number of nitrogens with one attached hydrogen (secondary N) is 1. The Morgan fingerprint density at radius 2 is 1.90 bits per heavy atom. The van der Waals surface area contributed by atoms with Crippen LogP contribution in [0.15, 0.2) is 0 Å². The Balaban J connectivity index is 1.35. The number of likely N-dealkylation sites (N-methyl/N-ethyl adjacent to an activating group) is 1. The fraction of sp³-hybridized carbons (Fsp3) is 1.00. The molecule has 1 saturated heterocycles. The molecule has 0 aromatic heterocycles. The Morgan fingerprint density at radius 3 is 2.60 bits per heavy atom. The SMILES string of the molecule is CC(CNCC1CCC2(CCCCC2)O1)N(C)C1CC1. The molecule has 0 aromatic rings. The van der Waals surface area contributed by atoms with Gasteiger partial charge in [0.25, 0.3) is 0 Å². The summed E-state index contributed by atoms with van der Waals surface area (Å²) in [7, 11) is 2.27. The van der Waals surface area contributed by atoms with Crippen molar-refractivity contribution in [2.24, 2.45) is 0 Å². The fourth-order valence-electron chi connectivity index (χ4n) is 4.04. The Morgan fingerprint density at radius 1 is 1.15 bits per heavy atom. The zero-order valence-corrected chi connectivity index (χ0v) is 13.4. The van der Waals surface area contributed by atoms with Crippen LogP contribution in [0.25, 0.3) is 0 Å². The lowest BCUT2D eigenvalue weighted by molar-refractivity contribution is -0.0625. The monoisotopic (exact) mass is 280 g/mol. The zero-order chi connectivity index (χ0) is 14.0. The van der Waals surface area contributed by atoms with E-state index < -0.39 is 0 Å². The van der Waals surface area contributed by atoms with E-state index in [-0.39, 0.29) is 5.60 Å². The first-order valence-electron chi connectivity index (χ1n) is 8.79. The topological polar surface area (TPSA) is 24.5 Å². The molecular formula is C17H32N2O. The lowest BCUT2D eigenvalue weighted by Gasteiger charge is -2.33. The van der Waals surface area contributed by atoms with Crippen molar-refractivity contribution < 1.29 is 4.74 Å². The minimum Gasteiger partial charge on any atom is -0.370 e. The average molecular weight is 280 g/mol. The molecule has 3 heteroatoms. The second-order valence-electron chi connectivity index (χ2n) is 7.43. The molecule has 2 aliphatic carbocycles. The van der Waals surface area contributed by atoms with Crippen LogP contribution in [-0.2, 0) is 4.74 Å². The van der Waals surface area contributed by atoms with Crippen LogP contribution in [0, 0.1) is 0 Å². The van der Waals surface area contributed by atoms with Crippen molar-refractivity contribution in [1.29, 1.82) is 0 Å². The van der Waals surface area contributed by atoms with Crippen LogP contribution < -0.4 is 5.32 Å². The molecule has 1 spiro atoms. The van der Waals surface area contributed by atoms with Crippen molar-refractivity contribution >= 4 is 0 Å². The molecule has 2 unspecified atom stereocenters. The normalized spacial score (nSPS) is 31.1. The first-order valence-corrected chi connectivity index (χ1v) is 8.79. The molecule has 0 radical (unpaired) electrons. The van der Waals surface area contributed by atoms with E-state index in [9.17, 15) is 0 Å². The summed E-state index contributed by atoms with van der Waals surface area (Å²) in [5.74, 6) is 0. The summed E-state index contributed by atoms with van der Waals surface area (Å²) in [5.41, 5.74) is 0.279. The predicted octanol–water partition coefficient (Wildman–Crippen LogP) is 2.94. The van der Waals surface area contributed by atoms with Gasteiger partial charge in [-0.05, 0) is 52.5 Å². The van der Waals surface area contributed by atoms with Gasteiger partial charge in [-0.2, -0.15) is 0 Å². The molecule has 2 atom stereocenters. The summed E-state index contributed by atoms with van der Waals surface area (Å²) < 4.78 is 6.42. The summed E-state index contributed by atoms with van der Waals surface area (Å²) in [5, 5.41) is 3.65. The second kappa shape index (κ2) is 6.33. The van der Waals surface area contributed by atoms with Gasteiger partial charge in [0.05, 0.1) is 11.7 Å². The summed E-state index contributed by atoms with van der Waals surface area (Å²) in [6, 6.07) is 1.51. The van der Waals surface area contributed by atoms with Gasteiger partial charge >= 0.3 is 0 Å². The van der Waals surface area contributed by atoms with Crippen molar-refractivity contribution in [3.63, 3.8) is 0 Å². The van der Waals surface area contributed by atoms with Gasteiger partial charge < -0.3 is 10.1 Å². The Bertz CT molecular complexity index is 310. The van der Waals surface area contributed by atoms with Crippen LogP contribution in [0.5, 0.6) is 0 Å². The van der Waals surface area contributed by atoms with Crippen molar-refractivity contribution in [3.05, 3.63) is 0 Å². The number of ether oxygens (including phenoxy) is 1. The smallest absolute Gasteiger partial charge is 0.0708 e. The van der Waals surface area contributed by atoms with E-state index in [0.29, 0.717) is 12.1 Å². The third kappa shape index (κ3) is 3.55. The maximum Gasteiger partial charge on any atom is 0.0708 e. The highest BCUT2D eigenvalue weighted by Crippen LogP contribution is 2.41. The van der Waals surface area contributed by atoms with E-state index in [0.717, 1.165) is 19.1 Å². The maximum atomic E-state index is 6.42. The van der Waals surface area contributed by atoms with Crippen LogP contribution in [0.3, 0.4) is 0 Å². The Labute approximate surface area is 124 Å².